The van der Waals surface area contributed by atoms with Gasteiger partial charge in [-0.15, -0.1) is 0 Å². The second-order valence-corrected chi connectivity index (χ2v) is 4.78. The van der Waals surface area contributed by atoms with Gasteiger partial charge in [-0.25, -0.2) is 4.39 Å². The summed E-state index contributed by atoms with van der Waals surface area (Å²) in [6.45, 7) is 0. The van der Waals surface area contributed by atoms with E-state index in [4.69, 9.17) is 10.5 Å². The third-order valence-electron chi connectivity index (χ3n) is 3.31. The zero-order chi connectivity index (χ0) is 15.0. The molecule has 2 aromatic rings. The Morgan fingerprint density at radius 2 is 2.05 bits per heavy atom. The van der Waals surface area contributed by atoms with E-state index in [1.165, 1.54) is 18.2 Å². The van der Waals surface area contributed by atoms with Crippen LogP contribution in [0.4, 0.5) is 10.1 Å². The maximum Gasteiger partial charge on any atom is 0.267 e. The van der Waals surface area contributed by atoms with Gasteiger partial charge in [-0.3, -0.25) is 10.0 Å². The Bertz CT molecular complexity index is 705. The Hall–Kier alpha value is -2.44. The van der Waals surface area contributed by atoms with Gasteiger partial charge in [-0.2, -0.15) is 5.06 Å². The number of halogens is 1. The number of hydrogen-bond donors (Lipinski definition) is 2. The number of carbonyl (C=O) groups is 1. The van der Waals surface area contributed by atoms with E-state index in [1.54, 1.807) is 24.3 Å². The lowest BCUT2D eigenvalue weighted by Crippen LogP contribution is -2.47. The number of ether oxygens (including phenoxy) is 1. The zero-order valence-corrected chi connectivity index (χ0v) is 11.0. The fourth-order valence-corrected chi connectivity index (χ4v) is 2.25. The van der Waals surface area contributed by atoms with Crippen molar-refractivity contribution >= 4 is 11.6 Å². The number of nitrogens with two attached hydrogens (primary N) is 1. The van der Waals surface area contributed by atoms with Gasteiger partial charge in [0.25, 0.3) is 5.91 Å². The average molecular weight is 288 g/mol. The molecular weight excluding hydrogens is 275 g/mol. The van der Waals surface area contributed by atoms with Crippen molar-refractivity contribution < 1.29 is 19.1 Å². The van der Waals surface area contributed by atoms with Crippen molar-refractivity contribution in [3.63, 3.8) is 0 Å². The molecule has 1 amide bonds. The lowest BCUT2D eigenvalue weighted by molar-refractivity contribution is -0.125. The van der Waals surface area contributed by atoms with Gasteiger partial charge in [0.2, 0.25) is 0 Å². The largest absolute Gasteiger partial charge is 0.454 e. The molecule has 1 atom stereocenters. The molecule has 1 unspecified atom stereocenters. The Balaban J connectivity index is 1.92. The van der Waals surface area contributed by atoms with Gasteiger partial charge in [0.1, 0.15) is 5.75 Å². The quantitative estimate of drug-likeness (QED) is 0.831. The van der Waals surface area contributed by atoms with Gasteiger partial charge >= 0.3 is 0 Å². The van der Waals surface area contributed by atoms with Crippen LogP contribution in [-0.4, -0.2) is 17.2 Å². The molecule has 3 N–H and O–H groups in total. The van der Waals surface area contributed by atoms with E-state index in [1.807, 2.05) is 0 Å². The van der Waals surface area contributed by atoms with Crippen LogP contribution >= 0.6 is 0 Å². The first kappa shape index (κ1) is 13.5. The summed E-state index contributed by atoms with van der Waals surface area (Å²) in [5.74, 6) is -0.501. The van der Waals surface area contributed by atoms with Crippen molar-refractivity contribution in [1.29, 1.82) is 0 Å². The van der Waals surface area contributed by atoms with Crippen LogP contribution in [0.3, 0.4) is 0 Å². The Kier molecular flexibility index (Phi) is 3.32. The molecule has 5 nitrogen and oxygen atoms in total. The number of para-hydroxylation sites is 1. The first-order valence-corrected chi connectivity index (χ1v) is 6.40. The molecule has 2 aromatic carbocycles. The molecule has 1 aliphatic heterocycles. The molecule has 3 rings (SSSR count). The van der Waals surface area contributed by atoms with E-state index in [2.05, 4.69) is 0 Å². The highest BCUT2D eigenvalue weighted by Crippen LogP contribution is 2.32. The molecule has 108 valence electrons. The number of benzene rings is 2. The first-order chi connectivity index (χ1) is 10.1. The number of hydroxylamine groups is 1. The molecule has 21 heavy (non-hydrogen) atoms. The van der Waals surface area contributed by atoms with Crippen LogP contribution in [0.25, 0.3) is 0 Å². The minimum Gasteiger partial charge on any atom is -0.454 e. The van der Waals surface area contributed by atoms with E-state index in [-0.39, 0.29) is 5.75 Å². The van der Waals surface area contributed by atoms with Crippen molar-refractivity contribution in [1.82, 2.24) is 0 Å². The van der Waals surface area contributed by atoms with Crippen molar-refractivity contribution in [2.45, 2.75) is 12.5 Å². The summed E-state index contributed by atoms with van der Waals surface area (Å²) in [7, 11) is 0. The minimum absolute atomic E-state index is 0.106. The second-order valence-electron chi connectivity index (χ2n) is 4.78. The minimum atomic E-state index is -0.800. The highest BCUT2D eigenvalue weighted by atomic mass is 19.1. The van der Waals surface area contributed by atoms with Crippen molar-refractivity contribution in [2.24, 2.45) is 5.73 Å². The van der Waals surface area contributed by atoms with Crippen molar-refractivity contribution in [3.05, 3.63) is 53.8 Å². The topological polar surface area (TPSA) is 75.8 Å². The molecule has 1 heterocycles. The van der Waals surface area contributed by atoms with Gasteiger partial charge in [-0.1, -0.05) is 12.1 Å². The van der Waals surface area contributed by atoms with Crippen molar-refractivity contribution in [2.75, 3.05) is 5.06 Å². The fourth-order valence-electron chi connectivity index (χ4n) is 2.25. The first-order valence-electron chi connectivity index (χ1n) is 6.40. The predicted octanol–water partition coefficient (Wildman–Crippen LogP) is 2.22. The number of carbonyl (C=O) groups excluding carboxylic acids is 1. The van der Waals surface area contributed by atoms with Crippen LogP contribution in [0.5, 0.6) is 11.5 Å². The van der Waals surface area contributed by atoms with Crippen LogP contribution in [-0.2, 0) is 11.2 Å². The summed E-state index contributed by atoms with van der Waals surface area (Å²) >= 11 is 0. The maximum atomic E-state index is 13.6. The number of nitrogens with zero attached hydrogens (tertiary/aromatic N) is 1. The van der Waals surface area contributed by atoms with E-state index in [0.717, 1.165) is 0 Å². The summed E-state index contributed by atoms with van der Waals surface area (Å²) in [5, 5.41) is 10.3. The Morgan fingerprint density at radius 3 is 2.81 bits per heavy atom. The molecular formula is C15H13FN2O3. The normalized spacial score (nSPS) is 17.6. The third kappa shape index (κ3) is 2.46. The predicted molar refractivity (Wildman–Crippen MR) is 73.9 cm³/mol. The van der Waals surface area contributed by atoms with Crippen LogP contribution in [0.15, 0.2) is 42.5 Å². The fraction of sp³-hybridized carbons (Fsp3) is 0.133. The maximum absolute atomic E-state index is 13.6. The van der Waals surface area contributed by atoms with Gasteiger partial charge < -0.3 is 10.5 Å². The highest BCUT2D eigenvalue weighted by Gasteiger charge is 2.29. The van der Waals surface area contributed by atoms with Crippen LogP contribution < -0.4 is 15.5 Å². The third-order valence-corrected chi connectivity index (χ3v) is 3.31. The molecule has 0 aromatic heterocycles. The van der Waals surface area contributed by atoms with Gasteiger partial charge in [0.15, 0.2) is 11.6 Å². The molecule has 0 bridgehead atoms. The number of amides is 1. The summed E-state index contributed by atoms with van der Waals surface area (Å²) < 4.78 is 19.0. The lowest BCUT2D eigenvalue weighted by atomic mass is 9.99. The second kappa shape index (κ2) is 5.16. The van der Waals surface area contributed by atoms with Crippen LogP contribution in [0.1, 0.15) is 5.56 Å². The monoisotopic (exact) mass is 288 g/mol. The lowest BCUT2D eigenvalue weighted by Gasteiger charge is -2.27. The Morgan fingerprint density at radius 1 is 1.29 bits per heavy atom. The molecule has 0 saturated heterocycles. The summed E-state index contributed by atoms with van der Waals surface area (Å²) in [4.78, 5) is 11.6. The summed E-state index contributed by atoms with van der Waals surface area (Å²) in [6.07, 6.45) is 0.291. The summed E-state index contributed by atoms with van der Waals surface area (Å²) in [5.41, 5.74) is 6.69. The van der Waals surface area contributed by atoms with Crippen molar-refractivity contribution in [3.8, 4) is 11.5 Å². The number of rotatable bonds is 2. The van der Waals surface area contributed by atoms with Gasteiger partial charge in [0.05, 0.1) is 11.7 Å². The SMILES string of the molecule is NC1Cc2cc(Oc3ccccc3F)ccc2N(O)C1=O. The number of hydrogen-bond acceptors (Lipinski definition) is 4. The van der Waals surface area contributed by atoms with E-state index >= 15 is 0 Å². The number of fused-ring (bicyclic) bond motifs is 1. The highest BCUT2D eigenvalue weighted by molar-refractivity contribution is 5.98. The molecule has 6 heteroatoms. The molecule has 1 aliphatic rings. The molecule has 0 aliphatic carbocycles. The van der Waals surface area contributed by atoms with E-state index in [0.29, 0.717) is 28.5 Å². The molecule has 0 radical (unpaired) electrons. The molecule has 0 fully saturated rings. The zero-order valence-electron chi connectivity index (χ0n) is 11.0. The average Bonchev–Trinajstić information content (AvgIpc) is 2.47. The van der Waals surface area contributed by atoms with Crippen LogP contribution in [0.2, 0.25) is 0 Å². The standard InChI is InChI=1S/C15H13FN2O3/c16-11-3-1-2-4-14(11)21-10-5-6-13-9(7-10)8-12(17)15(19)18(13)20/h1-7,12,20H,8,17H2. The van der Waals surface area contributed by atoms with E-state index in [9.17, 15) is 14.4 Å². The Labute approximate surface area is 120 Å². The van der Waals surface area contributed by atoms with Gasteiger partial charge in [0, 0.05) is 0 Å². The van der Waals surface area contributed by atoms with Gasteiger partial charge in [-0.05, 0) is 42.3 Å². The number of anilines is 1. The van der Waals surface area contributed by atoms with Crippen LogP contribution in [0, 0.1) is 5.82 Å². The van der Waals surface area contributed by atoms with E-state index < -0.39 is 17.8 Å². The molecule has 0 saturated carbocycles. The molecule has 0 spiro atoms. The smallest absolute Gasteiger partial charge is 0.267 e. The summed E-state index contributed by atoms with van der Waals surface area (Å²) in [6, 6.07) is 9.99.